The topological polar surface area (TPSA) is 54.5 Å². The first-order valence-electron chi connectivity index (χ1n) is 11.2. The van der Waals surface area contributed by atoms with Crippen molar-refractivity contribution in [2.75, 3.05) is 11.6 Å². The predicted molar refractivity (Wildman–Crippen MR) is 138 cm³/mol. The van der Waals surface area contributed by atoms with E-state index in [0.717, 1.165) is 45.9 Å². The molecule has 1 aliphatic heterocycles. The molecule has 0 bridgehead atoms. The van der Waals surface area contributed by atoms with Crippen molar-refractivity contribution >= 4 is 43.5 Å². The Morgan fingerprint density at radius 1 is 1.03 bits per heavy atom. The monoisotopic (exact) mass is 494 g/mol. The van der Waals surface area contributed by atoms with Crippen molar-refractivity contribution in [2.45, 2.75) is 31.1 Å². The number of aromatic nitrogens is 1. The number of anilines is 1. The fourth-order valence-electron chi connectivity index (χ4n) is 4.25. The average molecular weight is 495 g/mol. The molecule has 0 saturated carbocycles. The Bertz CT molecular complexity index is 1360. The summed E-state index contributed by atoms with van der Waals surface area (Å²) in [5.74, 6) is -1.01. The van der Waals surface area contributed by atoms with E-state index in [1.165, 1.54) is 23.4 Å². The lowest BCUT2D eigenvalue weighted by atomic mass is 10.0. The maximum atomic E-state index is 14.8. The van der Waals surface area contributed by atoms with Gasteiger partial charge < -0.3 is 5.73 Å². The van der Waals surface area contributed by atoms with Gasteiger partial charge in [0.25, 0.3) is 0 Å². The Morgan fingerprint density at radius 2 is 1.85 bits per heavy atom. The van der Waals surface area contributed by atoms with Crippen LogP contribution >= 0.6 is 23.1 Å². The first-order valence-corrected chi connectivity index (χ1v) is 12.9. The largest absolute Gasteiger partial charge is 0.330 e. The second-order valence-corrected chi connectivity index (χ2v) is 10.3. The van der Waals surface area contributed by atoms with Crippen LogP contribution in [0.2, 0.25) is 0 Å². The second kappa shape index (κ2) is 9.44. The lowest BCUT2D eigenvalue weighted by Crippen LogP contribution is -2.38. The molecule has 0 aliphatic carbocycles. The van der Waals surface area contributed by atoms with Crippen LogP contribution in [0.1, 0.15) is 36.5 Å². The third kappa shape index (κ3) is 4.00. The van der Waals surface area contributed by atoms with Crippen LogP contribution < -0.4 is 10.7 Å². The molecule has 0 radical (unpaired) electrons. The van der Waals surface area contributed by atoms with Gasteiger partial charge in [0.05, 0.1) is 10.2 Å². The highest BCUT2D eigenvalue weighted by Gasteiger charge is 2.47. The van der Waals surface area contributed by atoms with Crippen LogP contribution in [-0.2, 0) is 11.3 Å². The summed E-state index contributed by atoms with van der Waals surface area (Å²) in [6, 6.07) is 19.6. The molecular weight excluding hydrogens is 470 g/mol. The zero-order chi connectivity index (χ0) is 23.7. The van der Waals surface area contributed by atoms with E-state index in [2.05, 4.69) is 13.0 Å². The summed E-state index contributed by atoms with van der Waals surface area (Å²) in [6.07, 6.45) is 2.30. The van der Waals surface area contributed by atoms with Gasteiger partial charge in [-0.25, -0.2) is 18.8 Å². The van der Waals surface area contributed by atoms with Gasteiger partial charge in [0, 0.05) is 5.56 Å². The lowest BCUT2D eigenvalue weighted by molar-refractivity contribution is 0.527. The van der Waals surface area contributed by atoms with Crippen LogP contribution in [-0.4, -0.2) is 16.6 Å². The third-order valence-corrected chi connectivity index (χ3v) is 8.52. The van der Waals surface area contributed by atoms with E-state index < -0.39 is 16.5 Å². The molecule has 3 aromatic carbocycles. The number of nitrogens with zero attached hydrogens (tertiary/aromatic N) is 3. The van der Waals surface area contributed by atoms with Crippen LogP contribution in [0.25, 0.3) is 10.2 Å². The fraction of sp³-hybridized carbons (Fsp3) is 0.231. The molecule has 0 fully saturated rings. The number of halogens is 2. The zero-order valence-electron chi connectivity index (χ0n) is 18.7. The van der Waals surface area contributed by atoms with E-state index in [1.54, 1.807) is 11.3 Å². The maximum Gasteiger partial charge on any atom is 0.208 e. The molecule has 0 spiro atoms. The highest BCUT2D eigenvalue weighted by Crippen LogP contribution is 2.53. The molecule has 1 aromatic heterocycles. The first-order chi connectivity index (χ1) is 16.6. The van der Waals surface area contributed by atoms with E-state index >= 15 is 0 Å². The summed E-state index contributed by atoms with van der Waals surface area (Å²) < 4.78 is 30.0. The Balaban J connectivity index is 1.72. The highest BCUT2D eigenvalue weighted by molar-refractivity contribution is 8.15. The molecule has 0 amide bonds. The number of hydrazone groups is 1. The molecule has 8 heteroatoms. The van der Waals surface area contributed by atoms with Crippen molar-refractivity contribution in [1.29, 1.82) is 0 Å². The van der Waals surface area contributed by atoms with Gasteiger partial charge in [-0.15, -0.1) is 0 Å². The van der Waals surface area contributed by atoms with Gasteiger partial charge in [-0.1, -0.05) is 72.5 Å². The Morgan fingerprint density at radius 3 is 2.62 bits per heavy atom. The smallest absolute Gasteiger partial charge is 0.208 e. The fourth-order valence-corrected chi connectivity index (χ4v) is 6.90. The van der Waals surface area contributed by atoms with E-state index in [9.17, 15) is 8.78 Å². The van der Waals surface area contributed by atoms with Crippen molar-refractivity contribution in [3.05, 3.63) is 95.1 Å². The van der Waals surface area contributed by atoms with Crippen LogP contribution in [0.5, 0.6) is 0 Å². The Hall–Kier alpha value is -2.81. The zero-order valence-corrected chi connectivity index (χ0v) is 20.3. The van der Waals surface area contributed by atoms with E-state index in [-0.39, 0.29) is 5.56 Å². The predicted octanol–water partition coefficient (Wildman–Crippen LogP) is 6.64. The molecule has 0 saturated heterocycles. The van der Waals surface area contributed by atoms with Crippen LogP contribution in [0.4, 0.5) is 13.9 Å². The van der Waals surface area contributed by atoms with Crippen molar-refractivity contribution in [3.63, 3.8) is 0 Å². The maximum absolute atomic E-state index is 14.8. The van der Waals surface area contributed by atoms with Crippen LogP contribution in [0.15, 0.2) is 71.8 Å². The number of thioether (sulfide) groups is 1. The third-order valence-electron chi connectivity index (χ3n) is 5.95. The summed E-state index contributed by atoms with van der Waals surface area (Å²) in [5.41, 5.74) is 9.22. The van der Waals surface area contributed by atoms with E-state index in [4.69, 9.17) is 15.8 Å². The van der Waals surface area contributed by atoms with Gasteiger partial charge in [0.15, 0.2) is 0 Å². The van der Waals surface area contributed by atoms with Crippen molar-refractivity contribution in [1.82, 2.24) is 4.98 Å². The quantitative estimate of drug-likeness (QED) is 0.313. The minimum Gasteiger partial charge on any atom is -0.330 e. The van der Waals surface area contributed by atoms with Gasteiger partial charge in [-0.2, -0.15) is 5.10 Å². The number of nitrogens with two attached hydrogens (primary N) is 1. The standard InChI is InChI=1S/C26H24F2N4S2/c1-2-17-8-6-11-22-23(17)33-25(30-22)32-26(14-7-15-29,18-9-4-3-5-10-18)34-24(31-32)20-16-19(27)12-13-21(20)28/h3-6,8-13,16H,2,7,14-15,29H2,1H3. The number of benzene rings is 3. The van der Waals surface area contributed by atoms with Gasteiger partial charge in [0.2, 0.25) is 5.13 Å². The minimum atomic E-state index is -0.686. The normalized spacial score (nSPS) is 18.0. The van der Waals surface area contributed by atoms with Crippen molar-refractivity contribution in [3.8, 4) is 0 Å². The number of fused-ring (bicyclic) bond motifs is 1. The molecular formula is C26H24F2N4S2. The van der Waals surface area contributed by atoms with E-state index in [1.807, 2.05) is 47.5 Å². The molecule has 2 N–H and O–H groups in total. The summed E-state index contributed by atoms with van der Waals surface area (Å²) in [7, 11) is 0. The molecule has 4 nitrogen and oxygen atoms in total. The van der Waals surface area contributed by atoms with Gasteiger partial charge in [0.1, 0.15) is 21.5 Å². The summed E-state index contributed by atoms with van der Waals surface area (Å²) in [4.78, 5) is 4.24. The number of hydrogen-bond acceptors (Lipinski definition) is 6. The van der Waals surface area contributed by atoms with Crippen LogP contribution in [0.3, 0.4) is 0 Å². The Labute approximate surface area is 205 Å². The summed E-state index contributed by atoms with van der Waals surface area (Å²) in [6.45, 7) is 2.63. The van der Waals surface area contributed by atoms with Crippen molar-refractivity contribution in [2.24, 2.45) is 10.8 Å². The molecule has 1 unspecified atom stereocenters. The number of hydrogen-bond donors (Lipinski definition) is 1. The van der Waals surface area contributed by atoms with Crippen molar-refractivity contribution < 1.29 is 8.78 Å². The highest BCUT2D eigenvalue weighted by atomic mass is 32.2. The van der Waals surface area contributed by atoms with Gasteiger partial charge in [-0.3, -0.25) is 0 Å². The number of thiazole rings is 1. The molecule has 174 valence electrons. The minimum absolute atomic E-state index is 0.149. The first kappa shape index (κ1) is 23.0. The molecule has 2 heterocycles. The lowest BCUT2D eigenvalue weighted by Gasteiger charge is -2.35. The molecule has 34 heavy (non-hydrogen) atoms. The van der Waals surface area contributed by atoms with Gasteiger partial charge >= 0.3 is 0 Å². The van der Waals surface area contributed by atoms with E-state index in [0.29, 0.717) is 18.0 Å². The van der Waals surface area contributed by atoms with Gasteiger partial charge in [-0.05, 0) is 61.2 Å². The molecule has 4 aromatic rings. The summed E-state index contributed by atoms with van der Waals surface area (Å²) >= 11 is 3.01. The number of rotatable bonds is 7. The second-order valence-electron chi connectivity index (χ2n) is 8.10. The molecule has 5 rings (SSSR count). The Kier molecular flexibility index (Phi) is 6.38. The SMILES string of the molecule is CCc1cccc2nc(N3N=C(c4cc(F)ccc4F)SC3(CCCN)c3ccccc3)sc12. The molecule has 1 atom stereocenters. The summed E-state index contributed by atoms with van der Waals surface area (Å²) in [5, 5.41) is 7.92. The number of aryl methyl sites for hydroxylation is 1. The molecule has 1 aliphatic rings. The van der Waals surface area contributed by atoms with Crippen LogP contribution in [0, 0.1) is 11.6 Å². The average Bonchev–Trinajstić information content (AvgIpc) is 3.47.